The number of carbonyl (C=O) groups excluding carboxylic acids is 1. The van der Waals surface area contributed by atoms with Crippen LogP contribution in [0.4, 0.5) is 0 Å². The zero-order valence-electron chi connectivity index (χ0n) is 7.96. The number of carbonyl (C=O) groups is 2. The Morgan fingerprint density at radius 2 is 2.15 bits per heavy atom. The number of rotatable bonds is 5. The van der Waals surface area contributed by atoms with Crippen LogP contribution in [0.1, 0.15) is 19.8 Å². The van der Waals surface area contributed by atoms with Gasteiger partial charge in [-0.1, -0.05) is 6.08 Å². The molecule has 0 spiro atoms. The molecule has 0 aliphatic rings. The lowest BCUT2D eigenvalue weighted by molar-refractivity contribution is -0.154. The molecule has 0 heterocycles. The molecule has 1 unspecified atom stereocenters. The van der Waals surface area contributed by atoms with Crippen molar-refractivity contribution in [3.63, 3.8) is 0 Å². The zero-order chi connectivity index (χ0) is 10.5. The van der Waals surface area contributed by atoms with E-state index in [9.17, 15) is 9.59 Å². The van der Waals surface area contributed by atoms with Crippen LogP contribution in [0, 0.1) is 5.41 Å². The van der Waals surface area contributed by atoms with Gasteiger partial charge in [-0.05, 0) is 19.8 Å². The molecule has 1 atom stereocenters. The van der Waals surface area contributed by atoms with Crippen molar-refractivity contribution in [1.82, 2.24) is 5.32 Å². The smallest absolute Gasteiger partial charge is 0.318 e. The summed E-state index contributed by atoms with van der Waals surface area (Å²) in [5.41, 5.74) is -1.34. The van der Waals surface area contributed by atoms with Crippen LogP contribution in [0.5, 0.6) is 0 Å². The third-order valence-electron chi connectivity index (χ3n) is 2.05. The number of carboxylic acid groups (broad SMARTS) is 1. The van der Waals surface area contributed by atoms with E-state index in [1.54, 1.807) is 6.08 Å². The van der Waals surface area contributed by atoms with E-state index >= 15 is 0 Å². The molecule has 13 heavy (non-hydrogen) atoms. The Bertz CT molecular complexity index is 225. The third kappa shape index (κ3) is 2.57. The van der Waals surface area contributed by atoms with Crippen molar-refractivity contribution in [2.24, 2.45) is 5.41 Å². The number of allylic oxidation sites excluding steroid dienone is 1. The molecule has 0 aromatic rings. The highest BCUT2D eigenvalue weighted by molar-refractivity contribution is 6.01. The fraction of sp³-hybridized carbons (Fsp3) is 0.556. The second kappa shape index (κ2) is 4.64. The van der Waals surface area contributed by atoms with Gasteiger partial charge in [-0.2, -0.15) is 0 Å². The summed E-state index contributed by atoms with van der Waals surface area (Å²) in [5.74, 6) is -1.57. The van der Waals surface area contributed by atoms with Crippen molar-refractivity contribution < 1.29 is 14.7 Å². The van der Waals surface area contributed by atoms with Gasteiger partial charge in [-0.25, -0.2) is 0 Å². The molecule has 0 fully saturated rings. The predicted octanol–water partition coefficient (Wildman–Crippen LogP) is 0.790. The molecule has 4 nitrogen and oxygen atoms in total. The summed E-state index contributed by atoms with van der Waals surface area (Å²) in [7, 11) is 1.43. The lowest BCUT2D eigenvalue weighted by Gasteiger charge is -2.21. The first-order chi connectivity index (χ1) is 5.99. The van der Waals surface area contributed by atoms with Gasteiger partial charge in [0.2, 0.25) is 5.91 Å². The fourth-order valence-electron chi connectivity index (χ4n) is 0.984. The Morgan fingerprint density at radius 1 is 1.62 bits per heavy atom. The molecule has 0 aliphatic heterocycles. The van der Waals surface area contributed by atoms with E-state index in [0.717, 1.165) is 0 Å². The van der Waals surface area contributed by atoms with Gasteiger partial charge in [-0.3, -0.25) is 9.59 Å². The van der Waals surface area contributed by atoms with E-state index in [4.69, 9.17) is 5.11 Å². The first kappa shape index (κ1) is 11.7. The first-order valence-corrected chi connectivity index (χ1v) is 4.05. The van der Waals surface area contributed by atoms with Crippen LogP contribution < -0.4 is 5.32 Å². The molecular weight excluding hydrogens is 170 g/mol. The van der Waals surface area contributed by atoms with Gasteiger partial charge < -0.3 is 10.4 Å². The SMILES string of the molecule is C=CCCC(C)(C(=O)O)C(=O)NC. The van der Waals surface area contributed by atoms with Crippen molar-refractivity contribution in [2.75, 3.05) is 7.05 Å². The third-order valence-corrected chi connectivity index (χ3v) is 2.05. The van der Waals surface area contributed by atoms with Gasteiger partial charge in [0.1, 0.15) is 5.41 Å². The molecule has 4 heteroatoms. The number of hydrogen-bond donors (Lipinski definition) is 2. The highest BCUT2D eigenvalue weighted by Crippen LogP contribution is 2.23. The van der Waals surface area contributed by atoms with Crippen LogP contribution in [-0.2, 0) is 9.59 Å². The molecular formula is C9H15NO3. The minimum atomic E-state index is -1.34. The molecule has 0 aromatic carbocycles. The van der Waals surface area contributed by atoms with E-state index in [0.29, 0.717) is 6.42 Å². The van der Waals surface area contributed by atoms with Crippen molar-refractivity contribution in [3.8, 4) is 0 Å². The predicted molar refractivity (Wildman–Crippen MR) is 49.2 cm³/mol. The molecule has 0 bridgehead atoms. The molecule has 0 aliphatic carbocycles. The molecule has 0 radical (unpaired) electrons. The maximum atomic E-state index is 11.3. The molecule has 0 saturated heterocycles. The Morgan fingerprint density at radius 3 is 2.46 bits per heavy atom. The van der Waals surface area contributed by atoms with Crippen LogP contribution in [0.15, 0.2) is 12.7 Å². The number of aliphatic carboxylic acids is 1. The summed E-state index contributed by atoms with van der Waals surface area (Å²) >= 11 is 0. The molecule has 0 rings (SSSR count). The second-order valence-electron chi connectivity index (χ2n) is 3.04. The first-order valence-electron chi connectivity index (χ1n) is 4.05. The Labute approximate surface area is 77.6 Å². The van der Waals surface area contributed by atoms with Gasteiger partial charge in [0.15, 0.2) is 0 Å². The summed E-state index contributed by atoms with van der Waals surface area (Å²) < 4.78 is 0. The molecule has 2 N–H and O–H groups in total. The lowest BCUT2D eigenvalue weighted by Crippen LogP contribution is -2.43. The highest BCUT2D eigenvalue weighted by Gasteiger charge is 2.39. The van der Waals surface area contributed by atoms with Crippen LogP contribution in [-0.4, -0.2) is 24.0 Å². The van der Waals surface area contributed by atoms with Crippen molar-refractivity contribution >= 4 is 11.9 Å². The summed E-state index contributed by atoms with van der Waals surface area (Å²) in [6, 6.07) is 0. The average molecular weight is 185 g/mol. The van der Waals surface area contributed by atoms with Gasteiger partial charge >= 0.3 is 5.97 Å². The largest absolute Gasteiger partial charge is 0.480 e. The maximum Gasteiger partial charge on any atom is 0.318 e. The maximum absolute atomic E-state index is 11.3. The van der Waals surface area contributed by atoms with Crippen LogP contribution >= 0.6 is 0 Å². The fourth-order valence-corrected chi connectivity index (χ4v) is 0.984. The molecule has 0 saturated carbocycles. The van der Waals surface area contributed by atoms with Crippen molar-refractivity contribution in [1.29, 1.82) is 0 Å². The zero-order valence-corrected chi connectivity index (χ0v) is 7.96. The van der Waals surface area contributed by atoms with Gasteiger partial charge in [0.25, 0.3) is 0 Å². The normalized spacial score (nSPS) is 14.3. The van der Waals surface area contributed by atoms with E-state index in [-0.39, 0.29) is 6.42 Å². The quantitative estimate of drug-likeness (QED) is 0.491. The van der Waals surface area contributed by atoms with E-state index in [1.807, 2.05) is 0 Å². The Balaban J connectivity index is 4.61. The summed E-state index contributed by atoms with van der Waals surface area (Å²) in [4.78, 5) is 22.1. The second-order valence-corrected chi connectivity index (χ2v) is 3.04. The number of carboxylic acids is 1. The topological polar surface area (TPSA) is 66.4 Å². The van der Waals surface area contributed by atoms with Crippen LogP contribution in [0.2, 0.25) is 0 Å². The summed E-state index contributed by atoms with van der Waals surface area (Å²) in [6.07, 6.45) is 2.38. The Kier molecular flexibility index (Phi) is 4.17. The standard InChI is InChI=1S/C9H15NO3/c1-4-5-6-9(2,8(12)13)7(11)10-3/h4H,1,5-6H2,2-3H3,(H,10,11)(H,12,13). The average Bonchev–Trinajstić information content (AvgIpc) is 2.12. The summed E-state index contributed by atoms with van der Waals surface area (Å²) in [6.45, 7) is 4.90. The highest BCUT2D eigenvalue weighted by atomic mass is 16.4. The number of nitrogens with one attached hydrogen (secondary N) is 1. The van der Waals surface area contributed by atoms with Crippen molar-refractivity contribution in [2.45, 2.75) is 19.8 Å². The van der Waals surface area contributed by atoms with E-state index < -0.39 is 17.3 Å². The molecule has 74 valence electrons. The number of hydrogen-bond acceptors (Lipinski definition) is 2. The van der Waals surface area contributed by atoms with Gasteiger partial charge in [-0.15, -0.1) is 6.58 Å². The Hall–Kier alpha value is -1.32. The molecule has 1 amide bonds. The minimum Gasteiger partial charge on any atom is -0.480 e. The van der Waals surface area contributed by atoms with Gasteiger partial charge in [0, 0.05) is 7.05 Å². The summed E-state index contributed by atoms with van der Waals surface area (Å²) in [5, 5.41) is 11.2. The van der Waals surface area contributed by atoms with Crippen LogP contribution in [0.25, 0.3) is 0 Å². The monoisotopic (exact) mass is 185 g/mol. The lowest BCUT2D eigenvalue weighted by atomic mass is 9.84. The van der Waals surface area contributed by atoms with Crippen molar-refractivity contribution in [3.05, 3.63) is 12.7 Å². The minimum absolute atomic E-state index is 0.269. The van der Waals surface area contributed by atoms with Gasteiger partial charge in [0.05, 0.1) is 0 Å². The molecule has 0 aromatic heterocycles. The number of amides is 1. The van der Waals surface area contributed by atoms with E-state index in [2.05, 4.69) is 11.9 Å². The van der Waals surface area contributed by atoms with E-state index in [1.165, 1.54) is 14.0 Å². The van der Waals surface area contributed by atoms with Crippen LogP contribution in [0.3, 0.4) is 0 Å².